The zero-order valence-electron chi connectivity index (χ0n) is 20.9. The first-order valence-electron chi connectivity index (χ1n) is 13.3. The molecule has 0 bridgehead atoms. The van der Waals surface area contributed by atoms with Crippen LogP contribution in [0.4, 0.5) is 0 Å². The predicted molar refractivity (Wildman–Crippen MR) is 136 cm³/mol. The van der Waals surface area contributed by atoms with Gasteiger partial charge in [0.2, 0.25) is 0 Å². The summed E-state index contributed by atoms with van der Waals surface area (Å²) in [5.74, 6) is 0. The highest BCUT2D eigenvalue weighted by molar-refractivity contribution is 6.69. The van der Waals surface area contributed by atoms with E-state index in [0.717, 1.165) is 6.61 Å². The van der Waals surface area contributed by atoms with Gasteiger partial charge in [-0.15, -0.1) is 0 Å². The van der Waals surface area contributed by atoms with Crippen molar-refractivity contribution in [3.05, 3.63) is 12.2 Å². The molecule has 0 heterocycles. The summed E-state index contributed by atoms with van der Waals surface area (Å²) >= 11 is 0. The molecule has 29 heavy (non-hydrogen) atoms. The molecule has 0 N–H and O–H groups in total. The maximum atomic E-state index is 5.91. The number of rotatable bonds is 23. The van der Waals surface area contributed by atoms with E-state index < -0.39 is 8.32 Å². The molecule has 0 aliphatic carbocycles. The molecule has 0 aliphatic heterocycles. The van der Waals surface area contributed by atoms with Gasteiger partial charge in [-0.3, -0.25) is 0 Å². The minimum Gasteiger partial charge on any atom is -0.418 e. The van der Waals surface area contributed by atoms with E-state index >= 15 is 0 Å². The molecule has 0 aromatic carbocycles. The Balaban J connectivity index is 3.09. The molecule has 0 aliphatic rings. The standard InChI is InChI=1S/C27H56OSi/c1-5-6-7-8-9-10-11-12-13-14-15-16-17-18-19-20-21-22-23-24-25-26-27-28-29(2,3)4/h13-14H,5-12,15-27H2,1-4H3/b14-13+. The lowest BCUT2D eigenvalue weighted by Crippen LogP contribution is -2.25. The van der Waals surface area contributed by atoms with Crippen LogP contribution in [0.15, 0.2) is 12.2 Å². The fourth-order valence-corrected chi connectivity index (χ4v) is 4.55. The largest absolute Gasteiger partial charge is 0.418 e. The Morgan fingerprint density at radius 1 is 0.483 bits per heavy atom. The first-order chi connectivity index (χ1) is 14.1. The highest BCUT2D eigenvalue weighted by Crippen LogP contribution is 2.13. The smallest absolute Gasteiger partial charge is 0.183 e. The lowest BCUT2D eigenvalue weighted by molar-refractivity contribution is 0.298. The molecule has 0 amide bonds. The summed E-state index contributed by atoms with van der Waals surface area (Å²) in [7, 11) is -1.28. The van der Waals surface area contributed by atoms with Crippen molar-refractivity contribution >= 4 is 8.32 Å². The second kappa shape index (κ2) is 22.6. The summed E-state index contributed by atoms with van der Waals surface area (Å²) in [5.41, 5.74) is 0. The van der Waals surface area contributed by atoms with Gasteiger partial charge in [-0.05, 0) is 51.7 Å². The van der Waals surface area contributed by atoms with Crippen LogP contribution in [0.5, 0.6) is 0 Å². The van der Waals surface area contributed by atoms with Crippen molar-refractivity contribution in [3.63, 3.8) is 0 Å². The van der Waals surface area contributed by atoms with Crippen LogP contribution in [0.2, 0.25) is 19.6 Å². The van der Waals surface area contributed by atoms with Gasteiger partial charge < -0.3 is 4.43 Å². The lowest BCUT2D eigenvalue weighted by atomic mass is 10.0. The summed E-state index contributed by atoms with van der Waals surface area (Å²) in [6, 6.07) is 0. The van der Waals surface area contributed by atoms with Gasteiger partial charge in [0.05, 0.1) is 0 Å². The number of allylic oxidation sites excluding steroid dienone is 2. The topological polar surface area (TPSA) is 9.23 Å². The van der Waals surface area contributed by atoms with Gasteiger partial charge in [0, 0.05) is 6.61 Å². The van der Waals surface area contributed by atoms with Crippen LogP contribution in [0.3, 0.4) is 0 Å². The van der Waals surface area contributed by atoms with Gasteiger partial charge in [-0.25, -0.2) is 0 Å². The molecule has 174 valence electrons. The van der Waals surface area contributed by atoms with E-state index in [0.29, 0.717) is 0 Å². The summed E-state index contributed by atoms with van der Waals surface area (Å²) < 4.78 is 5.91. The fraction of sp³-hybridized carbons (Fsp3) is 0.926. The first kappa shape index (κ1) is 28.9. The molecule has 0 fully saturated rings. The monoisotopic (exact) mass is 424 g/mol. The van der Waals surface area contributed by atoms with E-state index in [2.05, 4.69) is 38.7 Å². The molecule has 0 aromatic rings. The van der Waals surface area contributed by atoms with Crippen LogP contribution in [-0.4, -0.2) is 14.9 Å². The van der Waals surface area contributed by atoms with Crippen molar-refractivity contribution in [2.24, 2.45) is 0 Å². The quantitative estimate of drug-likeness (QED) is 0.0900. The molecule has 0 saturated heterocycles. The molecular weight excluding hydrogens is 368 g/mol. The average molecular weight is 425 g/mol. The molecule has 0 unspecified atom stereocenters. The Labute approximate surface area is 186 Å². The minimum absolute atomic E-state index is 0.990. The van der Waals surface area contributed by atoms with E-state index in [1.165, 1.54) is 128 Å². The number of unbranched alkanes of at least 4 members (excludes halogenated alkanes) is 18. The van der Waals surface area contributed by atoms with Gasteiger partial charge in [-0.1, -0.05) is 115 Å². The van der Waals surface area contributed by atoms with E-state index in [1.54, 1.807) is 0 Å². The van der Waals surface area contributed by atoms with Crippen LogP contribution in [0.25, 0.3) is 0 Å². The lowest BCUT2D eigenvalue weighted by Gasteiger charge is -2.16. The van der Waals surface area contributed by atoms with E-state index in [1.807, 2.05) is 0 Å². The molecule has 0 spiro atoms. The highest BCUT2D eigenvalue weighted by Gasteiger charge is 2.12. The fourth-order valence-electron chi connectivity index (χ4n) is 3.79. The van der Waals surface area contributed by atoms with Gasteiger partial charge >= 0.3 is 0 Å². The number of hydrogen-bond donors (Lipinski definition) is 0. The van der Waals surface area contributed by atoms with Gasteiger partial charge in [0.15, 0.2) is 8.32 Å². The Hall–Kier alpha value is -0.0831. The van der Waals surface area contributed by atoms with Crippen molar-refractivity contribution in [1.82, 2.24) is 0 Å². The van der Waals surface area contributed by atoms with Gasteiger partial charge in [0.25, 0.3) is 0 Å². The maximum Gasteiger partial charge on any atom is 0.183 e. The van der Waals surface area contributed by atoms with Gasteiger partial charge in [0.1, 0.15) is 0 Å². The molecule has 0 rings (SSSR count). The maximum absolute atomic E-state index is 5.91. The Bertz CT molecular complexity index is 332. The summed E-state index contributed by atoms with van der Waals surface area (Å²) in [6.45, 7) is 10.1. The van der Waals surface area contributed by atoms with Gasteiger partial charge in [-0.2, -0.15) is 0 Å². The highest BCUT2D eigenvalue weighted by atomic mass is 28.4. The third kappa shape index (κ3) is 27.9. The predicted octanol–water partition coefficient (Wildman–Crippen LogP) is 10.2. The van der Waals surface area contributed by atoms with Crippen LogP contribution in [-0.2, 0) is 4.43 Å². The van der Waals surface area contributed by atoms with E-state index in [4.69, 9.17) is 4.43 Å². The number of hydrogen-bond acceptors (Lipinski definition) is 1. The third-order valence-electron chi connectivity index (χ3n) is 5.69. The first-order valence-corrected chi connectivity index (χ1v) is 16.8. The van der Waals surface area contributed by atoms with Crippen molar-refractivity contribution in [2.45, 2.75) is 155 Å². The van der Waals surface area contributed by atoms with Crippen molar-refractivity contribution < 1.29 is 4.43 Å². The summed E-state index contributed by atoms with van der Waals surface area (Å²) in [6.07, 6.45) is 32.9. The zero-order valence-corrected chi connectivity index (χ0v) is 21.9. The Kier molecular flexibility index (Phi) is 22.5. The van der Waals surface area contributed by atoms with Crippen molar-refractivity contribution in [2.75, 3.05) is 6.61 Å². The van der Waals surface area contributed by atoms with Crippen LogP contribution in [0.1, 0.15) is 135 Å². The van der Waals surface area contributed by atoms with Crippen LogP contribution in [0, 0.1) is 0 Å². The summed E-state index contributed by atoms with van der Waals surface area (Å²) in [4.78, 5) is 0. The molecule has 2 heteroatoms. The molecule has 0 radical (unpaired) electrons. The average Bonchev–Trinajstić information content (AvgIpc) is 2.67. The second-order valence-corrected chi connectivity index (χ2v) is 14.5. The second-order valence-electron chi connectivity index (χ2n) is 10.0. The summed E-state index contributed by atoms with van der Waals surface area (Å²) in [5, 5.41) is 0. The third-order valence-corrected chi connectivity index (χ3v) is 6.76. The van der Waals surface area contributed by atoms with Crippen molar-refractivity contribution in [1.29, 1.82) is 0 Å². The van der Waals surface area contributed by atoms with E-state index in [9.17, 15) is 0 Å². The SMILES string of the molecule is CCCCCCCCC/C=C/CCCCCCCCCCCCCO[Si](C)(C)C. The van der Waals surface area contributed by atoms with Crippen LogP contribution >= 0.6 is 0 Å². The minimum atomic E-state index is -1.28. The Morgan fingerprint density at radius 3 is 1.21 bits per heavy atom. The molecule has 0 atom stereocenters. The molecule has 0 saturated carbocycles. The molecule has 0 aromatic heterocycles. The normalized spacial score (nSPS) is 12.3. The van der Waals surface area contributed by atoms with Crippen molar-refractivity contribution in [3.8, 4) is 0 Å². The zero-order chi connectivity index (χ0) is 21.5. The molecule has 1 nitrogen and oxygen atoms in total. The molecular formula is C27H56OSi. The Morgan fingerprint density at radius 2 is 0.828 bits per heavy atom. The van der Waals surface area contributed by atoms with Crippen LogP contribution < -0.4 is 0 Å². The van der Waals surface area contributed by atoms with E-state index in [-0.39, 0.29) is 0 Å².